The molecule has 0 amide bonds. The maximum absolute atomic E-state index is 10.9. The number of ketones is 1. The maximum Gasteiger partial charge on any atom is 0.378 e. The molecular weight excluding hydrogens is 228 g/mol. The van der Waals surface area contributed by atoms with Gasteiger partial charge in [0, 0.05) is 13.1 Å². The van der Waals surface area contributed by atoms with E-state index in [4.69, 9.17) is 5.11 Å². The van der Waals surface area contributed by atoms with E-state index in [9.17, 15) is 9.59 Å². The molecule has 12 heavy (non-hydrogen) atoms. The van der Waals surface area contributed by atoms with Crippen LogP contribution in [0.3, 0.4) is 0 Å². The average molecular weight is 233 g/mol. The summed E-state index contributed by atoms with van der Waals surface area (Å²) in [5.74, 6) is -2.44. The van der Waals surface area contributed by atoms with Crippen LogP contribution in [0.25, 0.3) is 0 Å². The highest BCUT2D eigenvalue weighted by Gasteiger charge is 2.18. The first kappa shape index (κ1) is 8.92. The van der Waals surface area contributed by atoms with Crippen LogP contribution in [0.1, 0.15) is 10.5 Å². The van der Waals surface area contributed by atoms with E-state index < -0.39 is 11.8 Å². The lowest BCUT2D eigenvalue weighted by Gasteiger charge is -1.93. The fourth-order valence-electron chi connectivity index (χ4n) is 0.754. The molecule has 0 aromatic carbocycles. The number of hydrogen-bond acceptors (Lipinski definition) is 3. The zero-order valence-corrected chi connectivity index (χ0v) is 7.70. The van der Waals surface area contributed by atoms with E-state index in [0.29, 0.717) is 4.60 Å². The number of hydrogen-bond donors (Lipinski definition) is 1. The zero-order valence-electron chi connectivity index (χ0n) is 6.11. The number of aryl methyl sites for hydroxylation is 1. The summed E-state index contributed by atoms with van der Waals surface area (Å²) < 4.78 is 1.65. The third-order valence-electron chi connectivity index (χ3n) is 1.28. The minimum atomic E-state index is -1.48. The van der Waals surface area contributed by atoms with Crippen LogP contribution in [0.5, 0.6) is 0 Å². The first-order chi connectivity index (χ1) is 5.52. The van der Waals surface area contributed by atoms with Crippen molar-refractivity contribution in [1.82, 2.24) is 9.78 Å². The van der Waals surface area contributed by atoms with Crippen molar-refractivity contribution in [2.75, 3.05) is 0 Å². The normalized spacial score (nSPS) is 9.83. The monoisotopic (exact) mass is 232 g/mol. The molecule has 0 radical (unpaired) electrons. The summed E-state index contributed by atoms with van der Waals surface area (Å²) in [5, 5.41) is 12.1. The van der Waals surface area contributed by atoms with Gasteiger partial charge in [0.25, 0.3) is 5.78 Å². The molecule has 0 saturated carbocycles. The van der Waals surface area contributed by atoms with E-state index in [0.717, 1.165) is 0 Å². The van der Waals surface area contributed by atoms with E-state index >= 15 is 0 Å². The molecule has 6 heteroatoms. The van der Waals surface area contributed by atoms with Crippen LogP contribution >= 0.6 is 15.9 Å². The van der Waals surface area contributed by atoms with Crippen LogP contribution in [0.15, 0.2) is 10.7 Å². The molecule has 0 aliphatic carbocycles. The number of carboxylic acids is 1. The number of halogens is 1. The number of carbonyl (C=O) groups excluding carboxylic acids is 1. The molecule has 1 aromatic rings. The zero-order chi connectivity index (χ0) is 9.30. The summed E-state index contributed by atoms with van der Waals surface area (Å²) in [4.78, 5) is 21.2. The number of carbonyl (C=O) groups is 2. The third kappa shape index (κ3) is 1.53. The molecule has 0 atom stereocenters. The van der Waals surface area contributed by atoms with Crippen LogP contribution in [0.2, 0.25) is 0 Å². The van der Waals surface area contributed by atoms with Crippen LogP contribution in [-0.2, 0) is 11.8 Å². The molecule has 1 aromatic heterocycles. The van der Waals surface area contributed by atoms with Crippen LogP contribution in [-0.4, -0.2) is 26.6 Å². The number of Topliss-reactive ketones (excluding diaryl/α,β-unsaturated/α-hetero) is 1. The summed E-state index contributed by atoms with van der Waals surface area (Å²) in [7, 11) is 1.50. The maximum atomic E-state index is 10.9. The summed E-state index contributed by atoms with van der Waals surface area (Å²) >= 11 is 3.02. The molecule has 0 saturated heterocycles. The summed E-state index contributed by atoms with van der Waals surface area (Å²) in [5.41, 5.74) is 0.0503. The molecule has 64 valence electrons. The van der Waals surface area contributed by atoms with Gasteiger partial charge in [0.15, 0.2) is 0 Å². The van der Waals surface area contributed by atoms with Crippen molar-refractivity contribution in [3.05, 3.63) is 16.4 Å². The Balaban J connectivity index is 3.11. The van der Waals surface area contributed by atoms with Crippen LogP contribution in [0.4, 0.5) is 0 Å². The average Bonchev–Trinajstić information content (AvgIpc) is 2.28. The second-order valence-electron chi connectivity index (χ2n) is 2.11. The van der Waals surface area contributed by atoms with Crippen molar-refractivity contribution < 1.29 is 14.7 Å². The molecule has 1 N–H and O–H groups in total. The number of rotatable bonds is 2. The molecule has 0 aliphatic rings. The fraction of sp³-hybridized carbons (Fsp3) is 0.167. The molecule has 5 nitrogen and oxygen atoms in total. The van der Waals surface area contributed by atoms with Crippen molar-refractivity contribution in [2.24, 2.45) is 7.05 Å². The molecule has 0 aliphatic heterocycles. The Morgan fingerprint density at radius 3 is 2.58 bits per heavy atom. The molecule has 0 bridgehead atoms. The molecule has 0 spiro atoms. The molecule has 1 heterocycles. The van der Waals surface area contributed by atoms with Gasteiger partial charge in [-0.05, 0) is 15.9 Å². The third-order valence-corrected chi connectivity index (χ3v) is 1.66. The van der Waals surface area contributed by atoms with Crippen molar-refractivity contribution >= 4 is 27.7 Å². The topological polar surface area (TPSA) is 72.2 Å². The van der Waals surface area contributed by atoms with Gasteiger partial charge >= 0.3 is 5.97 Å². The van der Waals surface area contributed by atoms with Gasteiger partial charge in [-0.2, -0.15) is 5.10 Å². The molecule has 0 unspecified atom stereocenters. The van der Waals surface area contributed by atoms with Gasteiger partial charge in [0.2, 0.25) is 0 Å². The Kier molecular flexibility index (Phi) is 2.27. The largest absolute Gasteiger partial charge is 0.475 e. The molecule has 0 fully saturated rings. The lowest BCUT2D eigenvalue weighted by atomic mass is 10.3. The van der Waals surface area contributed by atoms with Crippen molar-refractivity contribution in [2.45, 2.75) is 0 Å². The van der Waals surface area contributed by atoms with E-state index in [1.807, 2.05) is 0 Å². The minimum absolute atomic E-state index is 0.0503. The molecular formula is C6H5BrN2O3. The lowest BCUT2D eigenvalue weighted by molar-refractivity contribution is -0.131. The number of nitrogens with zero attached hydrogens (tertiary/aromatic N) is 2. The fourth-order valence-corrected chi connectivity index (χ4v) is 1.21. The van der Waals surface area contributed by atoms with Crippen molar-refractivity contribution in [3.8, 4) is 0 Å². The van der Waals surface area contributed by atoms with Gasteiger partial charge in [0.05, 0.1) is 0 Å². The standard InChI is InChI=1S/C6H5BrN2O3/c1-9-3(2-4(7)8-9)5(10)6(11)12/h2H,1H3,(H,11,12). The second-order valence-corrected chi connectivity index (χ2v) is 2.92. The predicted molar refractivity (Wildman–Crippen MR) is 42.9 cm³/mol. The summed E-state index contributed by atoms with van der Waals surface area (Å²) in [6.07, 6.45) is 0. The van der Waals surface area contributed by atoms with Gasteiger partial charge in [0.1, 0.15) is 10.3 Å². The Hall–Kier alpha value is -1.17. The number of carboxylic acid groups (broad SMARTS) is 1. The van der Waals surface area contributed by atoms with Gasteiger partial charge in [-0.3, -0.25) is 9.48 Å². The van der Waals surface area contributed by atoms with E-state index in [-0.39, 0.29) is 5.69 Å². The Labute approximate surface area is 76.1 Å². The second kappa shape index (κ2) is 3.06. The van der Waals surface area contributed by atoms with Gasteiger partial charge in [-0.15, -0.1) is 0 Å². The SMILES string of the molecule is Cn1nc(Br)cc1C(=O)C(=O)O. The van der Waals surface area contributed by atoms with E-state index in [1.165, 1.54) is 17.8 Å². The lowest BCUT2D eigenvalue weighted by Crippen LogP contribution is -2.16. The van der Waals surface area contributed by atoms with Crippen molar-refractivity contribution in [1.29, 1.82) is 0 Å². The van der Waals surface area contributed by atoms with Gasteiger partial charge in [-0.1, -0.05) is 0 Å². The smallest absolute Gasteiger partial charge is 0.378 e. The highest BCUT2D eigenvalue weighted by Crippen LogP contribution is 2.09. The van der Waals surface area contributed by atoms with E-state index in [1.54, 1.807) is 0 Å². The van der Waals surface area contributed by atoms with Crippen LogP contribution in [0, 0.1) is 0 Å². The van der Waals surface area contributed by atoms with E-state index in [2.05, 4.69) is 21.0 Å². The highest BCUT2D eigenvalue weighted by atomic mass is 79.9. The van der Waals surface area contributed by atoms with Crippen LogP contribution < -0.4 is 0 Å². The first-order valence-corrected chi connectivity index (χ1v) is 3.79. The highest BCUT2D eigenvalue weighted by molar-refractivity contribution is 9.10. The quantitative estimate of drug-likeness (QED) is 0.594. The summed E-state index contributed by atoms with van der Waals surface area (Å²) in [6.45, 7) is 0. The Morgan fingerprint density at radius 2 is 2.25 bits per heavy atom. The Morgan fingerprint density at radius 1 is 1.67 bits per heavy atom. The van der Waals surface area contributed by atoms with Gasteiger partial charge in [-0.25, -0.2) is 4.79 Å². The molecule has 1 rings (SSSR count). The number of aromatic nitrogens is 2. The minimum Gasteiger partial charge on any atom is -0.475 e. The van der Waals surface area contributed by atoms with Gasteiger partial charge < -0.3 is 5.11 Å². The van der Waals surface area contributed by atoms with Crippen molar-refractivity contribution in [3.63, 3.8) is 0 Å². The Bertz CT molecular complexity index is 345. The first-order valence-electron chi connectivity index (χ1n) is 2.99. The predicted octanol–water partition coefficient (Wildman–Crippen LogP) is 0.450. The number of aliphatic carboxylic acids is 1. The summed E-state index contributed by atoms with van der Waals surface area (Å²) in [6, 6.07) is 1.36.